The lowest BCUT2D eigenvalue weighted by molar-refractivity contribution is -0.385. The Bertz CT molecular complexity index is 405. The minimum absolute atomic E-state index is 0.00563. The van der Waals surface area contributed by atoms with Crippen molar-refractivity contribution in [2.45, 2.75) is 13.0 Å². The summed E-state index contributed by atoms with van der Waals surface area (Å²) in [6.07, 6.45) is 2.37. The molecule has 0 fully saturated rings. The molecule has 0 aliphatic heterocycles. The average Bonchev–Trinajstić information content (AvgIpc) is 2.30. The average molecular weight is 236 g/mol. The van der Waals surface area contributed by atoms with Crippen LogP contribution in [-0.2, 0) is 6.54 Å². The van der Waals surface area contributed by atoms with Gasteiger partial charge < -0.3 is 10.1 Å². The van der Waals surface area contributed by atoms with E-state index in [0.717, 1.165) is 5.56 Å². The number of nitro benzene ring substituents is 1. The van der Waals surface area contributed by atoms with Gasteiger partial charge in [0.1, 0.15) is 0 Å². The van der Waals surface area contributed by atoms with Crippen molar-refractivity contribution in [3.8, 4) is 5.75 Å². The van der Waals surface area contributed by atoms with E-state index in [9.17, 15) is 10.1 Å². The van der Waals surface area contributed by atoms with Gasteiger partial charge in [0.05, 0.1) is 11.5 Å². The summed E-state index contributed by atoms with van der Waals surface area (Å²) >= 11 is 0. The quantitative estimate of drug-likeness (QED) is 0.341. The fraction of sp³-hybridized carbons (Fsp3) is 0.333. The summed E-state index contributed by atoms with van der Waals surface area (Å²) in [4.78, 5) is 10.4. The molecular formula is C12H16N2O3. The lowest BCUT2D eigenvalue weighted by Crippen LogP contribution is -2.06. The second-order valence-corrected chi connectivity index (χ2v) is 3.52. The summed E-state index contributed by atoms with van der Waals surface area (Å²) in [5, 5.41) is 13.8. The minimum Gasteiger partial charge on any atom is -0.486 e. The summed E-state index contributed by atoms with van der Waals surface area (Å²) in [6, 6.07) is 4.88. The molecule has 0 aliphatic carbocycles. The molecule has 1 aromatic rings. The number of hydrogen-bond donors (Lipinski definition) is 1. The van der Waals surface area contributed by atoms with E-state index in [0.29, 0.717) is 25.3 Å². The van der Waals surface area contributed by atoms with Crippen LogP contribution in [0.2, 0.25) is 0 Å². The van der Waals surface area contributed by atoms with Gasteiger partial charge in [-0.1, -0.05) is 12.1 Å². The van der Waals surface area contributed by atoms with Gasteiger partial charge in [0.2, 0.25) is 0 Å². The second kappa shape index (κ2) is 6.65. The molecule has 5 heteroatoms. The van der Waals surface area contributed by atoms with E-state index in [2.05, 4.69) is 11.9 Å². The maximum absolute atomic E-state index is 10.8. The fourth-order valence-corrected chi connectivity index (χ4v) is 1.39. The van der Waals surface area contributed by atoms with Crippen LogP contribution in [0.4, 0.5) is 5.69 Å². The molecule has 0 atom stereocenters. The predicted molar refractivity (Wildman–Crippen MR) is 66.2 cm³/mol. The van der Waals surface area contributed by atoms with Crippen LogP contribution in [0.25, 0.3) is 0 Å². The van der Waals surface area contributed by atoms with Gasteiger partial charge in [-0.05, 0) is 25.1 Å². The van der Waals surface area contributed by atoms with Crippen LogP contribution >= 0.6 is 0 Å². The Hall–Kier alpha value is -1.88. The molecule has 1 rings (SSSR count). The Labute approximate surface area is 100 Å². The molecule has 0 aliphatic rings. The van der Waals surface area contributed by atoms with Gasteiger partial charge in [0, 0.05) is 12.6 Å². The Morgan fingerprint density at radius 2 is 2.35 bits per heavy atom. The first-order valence-corrected chi connectivity index (χ1v) is 5.34. The van der Waals surface area contributed by atoms with E-state index in [1.54, 1.807) is 18.2 Å². The second-order valence-electron chi connectivity index (χ2n) is 3.52. The summed E-state index contributed by atoms with van der Waals surface area (Å²) < 4.78 is 5.39. The SMILES string of the molecule is C=CCCOc1cc(CNC)ccc1[N+](=O)[O-]. The van der Waals surface area contributed by atoms with E-state index in [-0.39, 0.29) is 5.69 Å². The van der Waals surface area contributed by atoms with Crippen LogP contribution in [0.3, 0.4) is 0 Å². The third-order valence-corrected chi connectivity index (χ3v) is 2.18. The van der Waals surface area contributed by atoms with Gasteiger partial charge in [-0.3, -0.25) is 10.1 Å². The molecule has 0 saturated carbocycles. The van der Waals surface area contributed by atoms with E-state index in [1.165, 1.54) is 6.07 Å². The monoisotopic (exact) mass is 236 g/mol. The largest absolute Gasteiger partial charge is 0.486 e. The number of nitro groups is 1. The zero-order valence-corrected chi connectivity index (χ0v) is 9.81. The van der Waals surface area contributed by atoms with Crippen LogP contribution in [0.1, 0.15) is 12.0 Å². The van der Waals surface area contributed by atoms with Crippen LogP contribution < -0.4 is 10.1 Å². The molecule has 0 radical (unpaired) electrons. The maximum Gasteiger partial charge on any atom is 0.310 e. The summed E-state index contributed by atoms with van der Waals surface area (Å²) in [5.74, 6) is 0.310. The van der Waals surface area contributed by atoms with Gasteiger partial charge >= 0.3 is 5.69 Å². The zero-order chi connectivity index (χ0) is 12.7. The molecule has 0 spiro atoms. The van der Waals surface area contributed by atoms with Crippen LogP contribution in [-0.4, -0.2) is 18.6 Å². The van der Waals surface area contributed by atoms with Gasteiger partial charge in [0.15, 0.2) is 5.75 Å². The number of benzene rings is 1. The number of nitrogens with one attached hydrogen (secondary N) is 1. The standard InChI is InChI=1S/C12H16N2O3/c1-3-4-7-17-12-8-10(9-13-2)5-6-11(12)14(15)16/h3,5-6,8,13H,1,4,7,9H2,2H3. The van der Waals surface area contributed by atoms with Crippen LogP contribution in [0, 0.1) is 10.1 Å². The van der Waals surface area contributed by atoms with Crippen molar-refractivity contribution in [2.75, 3.05) is 13.7 Å². The molecule has 1 aromatic carbocycles. The first-order chi connectivity index (χ1) is 8.19. The minimum atomic E-state index is -0.438. The Morgan fingerprint density at radius 3 is 2.94 bits per heavy atom. The van der Waals surface area contributed by atoms with Crippen LogP contribution in [0.15, 0.2) is 30.9 Å². The Kier molecular flexibility index (Phi) is 5.16. The third-order valence-electron chi connectivity index (χ3n) is 2.18. The zero-order valence-electron chi connectivity index (χ0n) is 9.81. The highest BCUT2D eigenvalue weighted by Gasteiger charge is 2.15. The van der Waals surface area contributed by atoms with E-state index >= 15 is 0 Å². The number of nitrogens with zero attached hydrogens (tertiary/aromatic N) is 1. The van der Waals surface area contributed by atoms with Crippen molar-refractivity contribution in [3.05, 3.63) is 46.5 Å². The highest BCUT2D eigenvalue weighted by atomic mass is 16.6. The highest BCUT2D eigenvalue weighted by Crippen LogP contribution is 2.28. The topological polar surface area (TPSA) is 64.4 Å². The molecule has 1 N–H and O–H groups in total. The molecule has 92 valence electrons. The van der Waals surface area contributed by atoms with Crippen molar-refractivity contribution in [3.63, 3.8) is 0 Å². The predicted octanol–water partition coefficient (Wildman–Crippen LogP) is 2.27. The number of rotatable bonds is 7. The van der Waals surface area contributed by atoms with E-state index < -0.39 is 4.92 Å². The molecule has 17 heavy (non-hydrogen) atoms. The van der Waals surface area contributed by atoms with Crippen LogP contribution in [0.5, 0.6) is 5.75 Å². The summed E-state index contributed by atoms with van der Waals surface area (Å²) in [5.41, 5.74) is 0.945. The normalized spacial score (nSPS) is 9.94. The van der Waals surface area contributed by atoms with E-state index in [1.807, 2.05) is 7.05 Å². The van der Waals surface area contributed by atoms with Gasteiger partial charge in [-0.15, -0.1) is 6.58 Å². The first kappa shape index (κ1) is 13.2. The lowest BCUT2D eigenvalue weighted by atomic mass is 10.2. The molecule has 0 amide bonds. The number of hydrogen-bond acceptors (Lipinski definition) is 4. The summed E-state index contributed by atoms with van der Waals surface area (Å²) in [7, 11) is 1.82. The number of ether oxygens (including phenoxy) is 1. The van der Waals surface area contributed by atoms with E-state index in [4.69, 9.17) is 4.74 Å². The summed E-state index contributed by atoms with van der Waals surface area (Å²) in [6.45, 7) is 4.62. The van der Waals surface area contributed by atoms with Crippen molar-refractivity contribution < 1.29 is 9.66 Å². The molecule has 0 heterocycles. The molecule has 5 nitrogen and oxygen atoms in total. The van der Waals surface area contributed by atoms with Crippen molar-refractivity contribution >= 4 is 5.69 Å². The first-order valence-electron chi connectivity index (χ1n) is 5.34. The lowest BCUT2D eigenvalue weighted by Gasteiger charge is -2.07. The Morgan fingerprint density at radius 1 is 1.59 bits per heavy atom. The third kappa shape index (κ3) is 3.88. The van der Waals surface area contributed by atoms with Gasteiger partial charge in [0.25, 0.3) is 0 Å². The highest BCUT2D eigenvalue weighted by molar-refractivity contribution is 5.48. The molecule has 0 aromatic heterocycles. The van der Waals surface area contributed by atoms with Gasteiger partial charge in [-0.25, -0.2) is 0 Å². The van der Waals surface area contributed by atoms with Gasteiger partial charge in [-0.2, -0.15) is 0 Å². The molecule has 0 bridgehead atoms. The maximum atomic E-state index is 10.8. The van der Waals surface area contributed by atoms with Crippen molar-refractivity contribution in [1.82, 2.24) is 5.32 Å². The van der Waals surface area contributed by atoms with Crippen molar-refractivity contribution in [2.24, 2.45) is 0 Å². The fourth-order valence-electron chi connectivity index (χ4n) is 1.39. The smallest absolute Gasteiger partial charge is 0.310 e. The molecule has 0 unspecified atom stereocenters. The molecule has 0 saturated heterocycles. The Balaban J connectivity index is 2.89. The molecular weight excluding hydrogens is 220 g/mol. The van der Waals surface area contributed by atoms with Crippen molar-refractivity contribution in [1.29, 1.82) is 0 Å².